The monoisotopic (exact) mass is 389 g/mol. The van der Waals surface area contributed by atoms with Crippen LogP contribution in [0.1, 0.15) is 30.5 Å². The number of aromatic amines is 1. The van der Waals surface area contributed by atoms with Crippen molar-refractivity contribution in [3.63, 3.8) is 0 Å². The second-order valence-electron chi connectivity index (χ2n) is 8.28. The minimum atomic E-state index is -0.184. The van der Waals surface area contributed by atoms with Gasteiger partial charge in [-0.15, -0.1) is 0 Å². The summed E-state index contributed by atoms with van der Waals surface area (Å²) in [5.41, 5.74) is 3.34. The van der Waals surface area contributed by atoms with Gasteiger partial charge in [-0.25, -0.2) is 4.39 Å². The first kappa shape index (κ1) is 19.8. The molecule has 2 aliphatic heterocycles. The van der Waals surface area contributed by atoms with Crippen molar-refractivity contribution in [1.29, 1.82) is 0 Å². The molecule has 2 N–H and O–H groups in total. The molecule has 154 valence electrons. The van der Waals surface area contributed by atoms with E-state index in [9.17, 15) is 9.50 Å². The third-order valence-electron chi connectivity index (χ3n) is 6.53. The van der Waals surface area contributed by atoms with E-state index < -0.39 is 0 Å². The van der Waals surface area contributed by atoms with Crippen LogP contribution in [0.2, 0.25) is 0 Å². The maximum Gasteiger partial charge on any atom is 0.123 e. The number of hydrogen-bond donors (Lipinski definition) is 2. The summed E-state index contributed by atoms with van der Waals surface area (Å²) in [5.74, 6) is 0.387. The Labute approximate surface area is 166 Å². The fraction of sp³-hybridized carbons (Fsp3) is 0.636. The topological polar surface area (TPSA) is 51.7 Å². The quantitative estimate of drug-likeness (QED) is 0.798. The van der Waals surface area contributed by atoms with Crippen LogP contribution < -0.4 is 0 Å². The van der Waals surface area contributed by atoms with Crippen LogP contribution in [-0.2, 0) is 11.3 Å². The molecule has 2 aliphatic rings. The molecule has 5 nitrogen and oxygen atoms in total. The SMILES string of the molecule is Cc1c(CN2CC[C@H](N3CCOCC3)[C@H](CCCO)C2)[nH]c2ccc(F)cc12. The molecule has 28 heavy (non-hydrogen) atoms. The molecule has 0 radical (unpaired) electrons. The number of nitrogens with zero attached hydrogens (tertiary/aromatic N) is 2. The molecule has 2 atom stereocenters. The van der Waals surface area contributed by atoms with Gasteiger partial charge in [0, 0.05) is 62.0 Å². The number of nitrogens with one attached hydrogen (secondary N) is 1. The van der Waals surface area contributed by atoms with Gasteiger partial charge in [0.05, 0.1) is 13.2 Å². The lowest BCUT2D eigenvalue weighted by atomic mass is 9.86. The average Bonchev–Trinajstić information content (AvgIpc) is 3.02. The van der Waals surface area contributed by atoms with E-state index in [2.05, 4.69) is 21.7 Å². The van der Waals surface area contributed by atoms with Gasteiger partial charge in [-0.1, -0.05) is 0 Å². The minimum Gasteiger partial charge on any atom is -0.396 e. The minimum absolute atomic E-state index is 0.184. The lowest BCUT2D eigenvalue weighted by Gasteiger charge is -2.45. The number of ether oxygens (including phenoxy) is 1. The summed E-state index contributed by atoms with van der Waals surface area (Å²) in [4.78, 5) is 8.61. The highest BCUT2D eigenvalue weighted by Gasteiger charge is 2.33. The summed E-state index contributed by atoms with van der Waals surface area (Å²) in [6.07, 6.45) is 3.08. The van der Waals surface area contributed by atoms with E-state index in [4.69, 9.17) is 4.74 Å². The Balaban J connectivity index is 1.46. The molecule has 2 fully saturated rings. The van der Waals surface area contributed by atoms with E-state index in [1.807, 2.05) is 6.07 Å². The lowest BCUT2D eigenvalue weighted by Crippen LogP contribution is -2.53. The third-order valence-corrected chi connectivity index (χ3v) is 6.53. The summed E-state index contributed by atoms with van der Waals surface area (Å²) >= 11 is 0. The number of piperidine rings is 1. The summed E-state index contributed by atoms with van der Waals surface area (Å²) in [6, 6.07) is 5.56. The van der Waals surface area contributed by atoms with Gasteiger partial charge >= 0.3 is 0 Å². The molecule has 2 saturated heterocycles. The van der Waals surface area contributed by atoms with E-state index >= 15 is 0 Å². The first-order valence-corrected chi connectivity index (χ1v) is 10.6. The molecule has 4 rings (SSSR count). The average molecular weight is 390 g/mol. The molecule has 1 aromatic carbocycles. The van der Waals surface area contributed by atoms with E-state index in [1.165, 1.54) is 11.8 Å². The Hall–Kier alpha value is -1.47. The zero-order chi connectivity index (χ0) is 19.5. The van der Waals surface area contributed by atoms with Crippen LogP contribution in [0.3, 0.4) is 0 Å². The van der Waals surface area contributed by atoms with Crippen LogP contribution in [0.4, 0.5) is 4.39 Å². The maximum atomic E-state index is 13.6. The zero-order valence-electron chi connectivity index (χ0n) is 16.8. The first-order chi connectivity index (χ1) is 13.7. The molecule has 0 aliphatic carbocycles. The number of aryl methyl sites for hydroxylation is 1. The van der Waals surface area contributed by atoms with Crippen molar-refractivity contribution in [3.05, 3.63) is 35.3 Å². The number of fused-ring (bicyclic) bond motifs is 1. The van der Waals surface area contributed by atoms with Crippen LogP contribution in [0, 0.1) is 18.7 Å². The number of morpholine rings is 1. The highest BCUT2D eigenvalue weighted by Crippen LogP contribution is 2.29. The second kappa shape index (κ2) is 8.91. The predicted octanol–water partition coefficient (Wildman–Crippen LogP) is 2.91. The number of aromatic nitrogens is 1. The van der Waals surface area contributed by atoms with Crippen molar-refractivity contribution in [2.75, 3.05) is 46.0 Å². The molecule has 1 aromatic heterocycles. The highest BCUT2D eigenvalue weighted by molar-refractivity contribution is 5.84. The Kier molecular flexibility index (Phi) is 6.31. The van der Waals surface area contributed by atoms with Crippen LogP contribution in [-0.4, -0.2) is 71.9 Å². The van der Waals surface area contributed by atoms with E-state index in [1.54, 1.807) is 6.07 Å². The Morgan fingerprint density at radius 3 is 2.86 bits per heavy atom. The summed E-state index contributed by atoms with van der Waals surface area (Å²) in [7, 11) is 0. The number of benzene rings is 1. The number of rotatable bonds is 6. The van der Waals surface area contributed by atoms with Gasteiger partial charge in [0.2, 0.25) is 0 Å². The lowest BCUT2D eigenvalue weighted by molar-refractivity contribution is -0.0232. The van der Waals surface area contributed by atoms with Crippen molar-refractivity contribution in [3.8, 4) is 0 Å². The van der Waals surface area contributed by atoms with Gasteiger partial charge in [0.1, 0.15) is 5.82 Å². The molecular formula is C22H32FN3O2. The molecular weight excluding hydrogens is 357 g/mol. The fourth-order valence-corrected chi connectivity index (χ4v) is 5.00. The third kappa shape index (κ3) is 4.25. The van der Waals surface area contributed by atoms with Gasteiger partial charge in [-0.05, 0) is 55.9 Å². The largest absolute Gasteiger partial charge is 0.396 e. The summed E-state index contributed by atoms with van der Waals surface area (Å²) in [5, 5.41) is 10.3. The van der Waals surface area contributed by atoms with Crippen molar-refractivity contribution in [2.24, 2.45) is 5.92 Å². The zero-order valence-corrected chi connectivity index (χ0v) is 16.8. The fourth-order valence-electron chi connectivity index (χ4n) is 5.00. The molecule has 0 amide bonds. The summed E-state index contributed by atoms with van der Waals surface area (Å²) < 4.78 is 19.2. The molecule has 3 heterocycles. The van der Waals surface area contributed by atoms with Gasteiger partial charge in [0.15, 0.2) is 0 Å². The second-order valence-corrected chi connectivity index (χ2v) is 8.28. The number of hydrogen-bond acceptors (Lipinski definition) is 4. The van der Waals surface area contributed by atoms with Crippen LogP contribution in [0.25, 0.3) is 10.9 Å². The van der Waals surface area contributed by atoms with Crippen molar-refractivity contribution in [1.82, 2.24) is 14.8 Å². The van der Waals surface area contributed by atoms with Crippen LogP contribution in [0.5, 0.6) is 0 Å². The Morgan fingerprint density at radius 1 is 1.25 bits per heavy atom. The van der Waals surface area contributed by atoms with Crippen molar-refractivity contribution >= 4 is 10.9 Å². The molecule has 2 aromatic rings. The molecule has 6 heteroatoms. The Morgan fingerprint density at radius 2 is 2.07 bits per heavy atom. The van der Waals surface area contributed by atoms with Crippen molar-refractivity contribution in [2.45, 2.75) is 38.8 Å². The smallest absolute Gasteiger partial charge is 0.123 e. The maximum absolute atomic E-state index is 13.6. The van der Waals surface area contributed by atoms with Gasteiger partial charge in [-0.2, -0.15) is 0 Å². The summed E-state index contributed by atoms with van der Waals surface area (Å²) in [6.45, 7) is 9.03. The van der Waals surface area contributed by atoms with Crippen LogP contribution >= 0.6 is 0 Å². The van der Waals surface area contributed by atoms with E-state index in [-0.39, 0.29) is 12.4 Å². The van der Waals surface area contributed by atoms with Gasteiger partial charge < -0.3 is 14.8 Å². The van der Waals surface area contributed by atoms with E-state index in [0.29, 0.717) is 12.0 Å². The number of likely N-dealkylation sites (tertiary alicyclic amines) is 1. The van der Waals surface area contributed by atoms with Gasteiger partial charge in [0.25, 0.3) is 0 Å². The standard InChI is InChI=1S/C22H32FN3O2/c1-16-19-13-18(23)4-5-20(19)24-21(16)15-25-7-6-22(17(14-25)3-2-10-27)26-8-11-28-12-9-26/h4-5,13,17,22,24,27H,2-3,6-12,14-15H2,1H3/t17-,22+/m1/s1. The molecule has 0 saturated carbocycles. The van der Waals surface area contributed by atoms with E-state index in [0.717, 1.165) is 81.7 Å². The highest BCUT2D eigenvalue weighted by atomic mass is 19.1. The number of aliphatic hydroxyl groups excluding tert-OH is 1. The molecule has 0 bridgehead atoms. The first-order valence-electron chi connectivity index (χ1n) is 10.6. The predicted molar refractivity (Wildman–Crippen MR) is 109 cm³/mol. The number of halogens is 1. The number of H-pyrrole nitrogens is 1. The normalized spacial score (nSPS) is 24.8. The van der Waals surface area contributed by atoms with Gasteiger partial charge in [-0.3, -0.25) is 9.80 Å². The molecule has 0 unspecified atom stereocenters. The van der Waals surface area contributed by atoms with Crippen LogP contribution in [0.15, 0.2) is 18.2 Å². The van der Waals surface area contributed by atoms with Crippen molar-refractivity contribution < 1.29 is 14.2 Å². The Bertz CT molecular complexity index is 787. The number of aliphatic hydroxyl groups is 1. The molecule has 0 spiro atoms.